The summed E-state index contributed by atoms with van der Waals surface area (Å²) in [4.78, 5) is 19.4. The van der Waals surface area contributed by atoms with Crippen molar-refractivity contribution in [1.29, 1.82) is 0 Å². The van der Waals surface area contributed by atoms with E-state index in [9.17, 15) is 4.79 Å². The van der Waals surface area contributed by atoms with E-state index in [0.29, 0.717) is 44.5 Å². The van der Waals surface area contributed by atoms with Crippen molar-refractivity contribution >= 4 is 35.0 Å². The number of fused-ring (bicyclic) bond motifs is 3. The molecule has 172 valence electrons. The summed E-state index contributed by atoms with van der Waals surface area (Å²) < 4.78 is 12.6. The molecule has 0 N–H and O–H groups in total. The van der Waals surface area contributed by atoms with Crippen molar-refractivity contribution in [1.82, 2.24) is 15.2 Å². The minimum atomic E-state index is -0.879. The summed E-state index contributed by atoms with van der Waals surface area (Å²) >= 11 is 7.68. The van der Waals surface area contributed by atoms with Crippen molar-refractivity contribution in [2.75, 3.05) is 11.2 Å². The molecule has 0 fully saturated rings. The lowest BCUT2D eigenvalue weighted by Crippen LogP contribution is -2.37. The molecule has 2 aromatic carbocycles. The molecule has 1 aliphatic rings. The fraction of sp³-hybridized carbons (Fsp3) is 0.200. The fourth-order valence-electron chi connectivity index (χ4n) is 3.81. The Hall–Kier alpha value is -3.36. The monoisotopic (exact) mass is 492 g/mol. The van der Waals surface area contributed by atoms with E-state index in [0.717, 1.165) is 11.1 Å². The number of furan rings is 1. The lowest BCUT2D eigenvalue weighted by atomic mass is 10.1. The zero-order valence-electron chi connectivity index (χ0n) is 18.8. The van der Waals surface area contributed by atoms with Crippen molar-refractivity contribution in [3.8, 4) is 28.5 Å². The Balaban J connectivity index is 1.67. The number of halogens is 1. The van der Waals surface area contributed by atoms with E-state index in [1.54, 1.807) is 11.0 Å². The van der Waals surface area contributed by atoms with Gasteiger partial charge in [0.1, 0.15) is 5.76 Å². The maximum absolute atomic E-state index is 13.2. The summed E-state index contributed by atoms with van der Waals surface area (Å²) in [6, 6.07) is 16.9. The average molecular weight is 493 g/mol. The number of anilines is 1. The number of hydrogen-bond donors (Lipinski definition) is 0. The molecule has 9 heteroatoms. The highest BCUT2D eigenvalue weighted by atomic mass is 35.5. The lowest BCUT2D eigenvalue weighted by Gasteiger charge is -2.29. The van der Waals surface area contributed by atoms with Crippen molar-refractivity contribution in [3.05, 3.63) is 70.9 Å². The van der Waals surface area contributed by atoms with Crippen molar-refractivity contribution in [2.24, 2.45) is 0 Å². The second kappa shape index (κ2) is 9.12. The van der Waals surface area contributed by atoms with Crippen LogP contribution in [0.15, 0.2) is 64.2 Å². The molecule has 1 aliphatic heterocycles. The van der Waals surface area contributed by atoms with Gasteiger partial charge in [-0.15, -0.1) is 10.2 Å². The molecule has 4 aromatic rings. The second-order valence-corrected chi connectivity index (χ2v) is 8.90. The molecule has 7 nitrogen and oxygen atoms in total. The fourth-order valence-corrected chi connectivity index (χ4v) is 4.29. The average Bonchev–Trinajstić information content (AvgIpc) is 3.30. The van der Waals surface area contributed by atoms with Crippen LogP contribution in [0.5, 0.6) is 5.88 Å². The van der Waals surface area contributed by atoms with E-state index in [1.807, 2.05) is 68.6 Å². The van der Waals surface area contributed by atoms with Crippen LogP contribution in [0.3, 0.4) is 0 Å². The standard InChI is InChI=1S/C25H21ClN4O3S/c1-4-21(31)30-18-8-6-5-7-16(18)22-23(27-25(34-3)29-28-22)33-24(30)20-12-11-19(32-20)15-10-9-14(2)17(26)13-15/h5-13,24H,4H2,1-3H3/t24-/m1/s1. The molecule has 0 unspecified atom stereocenters. The smallest absolute Gasteiger partial charge is 0.247 e. The number of carbonyl (C=O) groups is 1. The molecule has 2 aromatic heterocycles. The van der Waals surface area contributed by atoms with Crippen molar-refractivity contribution in [2.45, 2.75) is 31.7 Å². The second-order valence-electron chi connectivity index (χ2n) is 7.72. The summed E-state index contributed by atoms with van der Waals surface area (Å²) in [6.07, 6.45) is 1.26. The normalized spacial score (nSPS) is 14.7. The van der Waals surface area contributed by atoms with Crippen molar-refractivity contribution in [3.63, 3.8) is 0 Å². The molecule has 0 saturated heterocycles. The number of para-hydroxylation sites is 1. The molecule has 3 heterocycles. The van der Waals surface area contributed by atoms with Gasteiger partial charge in [0.05, 0.1) is 5.69 Å². The van der Waals surface area contributed by atoms with Gasteiger partial charge in [-0.3, -0.25) is 9.69 Å². The molecule has 34 heavy (non-hydrogen) atoms. The highest BCUT2D eigenvalue weighted by Crippen LogP contribution is 2.44. The van der Waals surface area contributed by atoms with Gasteiger partial charge in [0.2, 0.25) is 23.2 Å². The maximum atomic E-state index is 13.2. The third-order valence-corrected chi connectivity index (χ3v) is 6.54. The van der Waals surface area contributed by atoms with Gasteiger partial charge in [0.25, 0.3) is 0 Å². The summed E-state index contributed by atoms with van der Waals surface area (Å²) in [6.45, 7) is 3.76. The van der Waals surface area contributed by atoms with Gasteiger partial charge in [-0.25, -0.2) is 0 Å². The first kappa shape index (κ1) is 22.4. The highest BCUT2D eigenvalue weighted by Gasteiger charge is 2.37. The number of nitrogens with zero attached hydrogens (tertiary/aromatic N) is 4. The predicted molar refractivity (Wildman–Crippen MR) is 132 cm³/mol. The Morgan fingerprint density at radius 3 is 2.74 bits per heavy atom. The Kier molecular flexibility index (Phi) is 6.02. The Morgan fingerprint density at radius 1 is 1.15 bits per heavy atom. The number of hydrogen-bond acceptors (Lipinski definition) is 7. The van der Waals surface area contributed by atoms with Crippen LogP contribution in [0.2, 0.25) is 5.02 Å². The van der Waals surface area contributed by atoms with Crippen LogP contribution in [0.4, 0.5) is 5.69 Å². The van der Waals surface area contributed by atoms with E-state index >= 15 is 0 Å². The summed E-state index contributed by atoms with van der Waals surface area (Å²) in [5.41, 5.74) is 3.66. The molecule has 0 spiro atoms. The first-order valence-electron chi connectivity index (χ1n) is 10.7. The number of amides is 1. The molecular formula is C25H21ClN4O3S. The zero-order valence-corrected chi connectivity index (χ0v) is 20.4. The van der Waals surface area contributed by atoms with Gasteiger partial charge >= 0.3 is 0 Å². The number of aryl methyl sites for hydroxylation is 1. The van der Waals surface area contributed by atoms with Gasteiger partial charge in [-0.2, -0.15) is 4.98 Å². The summed E-state index contributed by atoms with van der Waals surface area (Å²) in [5.74, 6) is 1.24. The van der Waals surface area contributed by atoms with E-state index < -0.39 is 6.23 Å². The minimum Gasteiger partial charge on any atom is -0.455 e. The zero-order chi connectivity index (χ0) is 23.8. The van der Waals surface area contributed by atoms with Crippen LogP contribution in [-0.4, -0.2) is 27.3 Å². The van der Waals surface area contributed by atoms with Gasteiger partial charge in [0, 0.05) is 22.6 Å². The first-order chi connectivity index (χ1) is 16.5. The molecule has 0 radical (unpaired) electrons. The molecule has 1 atom stereocenters. The molecule has 0 saturated carbocycles. The maximum Gasteiger partial charge on any atom is 0.247 e. The van der Waals surface area contributed by atoms with Crippen LogP contribution in [0.25, 0.3) is 22.6 Å². The highest BCUT2D eigenvalue weighted by molar-refractivity contribution is 7.98. The topological polar surface area (TPSA) is 81.4 Å². The SMILES string of the molecule is CCC(=O)N1c2ccccc2-c2nnc(SC)nc2O[C@@H]1c1ccc(-c2ccc(C)c(Cl)c2)o1. The van der Waals surface area contributed by atoms with E-state index in [1.165, 1.54) is 11.8 Å². The number of thioether (sulfide) groups is 1. The van der Waals surface area contributed by atoms with E-state index in [2.05, 4.69) is 15.2 Å². The number of carbonyl (C=O) groups excluding carboxylic acids is 1. The van der Waals surface area contributed by atoms with Gasteiger partial charge in [-0.1, -0.05) is 60.6 Å². The van der Waals surface area contributed by atoms with Crippen molar-refractivity contribution < 1.29 is 13.9 Å². The van der Waals surface area contributed by atoms with E-state index in [4.69, 9.17) is 20.8 Å². The molecular weight excluding hydrogens is 472 g/mol. The number of rotatable bonds is 4. The van der Waals surface area contributed by atoms with Gasteiger partial charge in [-0.05, 0) is 43.0 Å². The third kappa shape index (κ3) is 3.93. The van der Waals surface area contributed by atoms with E-state index in [-0.39, 0.29) is 12.3 Å². The van der Waals surface area contributed by atoms with Crippen LogP contribution in [0.1, 0.15) is 30.9 Å². The number of ether oxygens (including phenoxy) is 1. The third-order valence-electron chi connectivity index (χ3n) is 5.59. The lowest BCUT2D eigenvalue weighted by molar-refractivity contribution is -0.120. The quantitative estimate of drug-likeness (QED) is 0.308. The molecule has 0 bridgehead atoms. The largest absolute Gasteiger partial charge is 0.455 e. The summed E-state index contributed by atoms with van der Waals surface area (Å²) in [7, 11) is 0. The molecule has 0 aliphatic carbocycles. The first-order valence-corrected chi connectivity index (χ1v) is 12.3. The van der Waals surface area contributed by atoms with Crippen LogP contribution in [0, 0.1) is 6.92 Å². The molecule has 5 rings (SSSR count). The van der Waals surface area contributed by atoms with Gasteiger partial charge in [0.15, 0.2) is 11.5 Å². The number of benzene rings is 2. The van der Waals surface area contributed by atoms with Gasteiger partial charge < -0.3 is 9.15 Å². The minimum absolute atomic E-state index is 0.125. The summed E-state index contributed by atoms with van der Waals surface area (Å²) in [5, 5.41) is 9.67. The van der Waals surface area contributed by atoms with Crippen LogP contribution >= 0.6 is 23.4 Å². The Bertz CT molecular complexity index is 1390. The Morgan fingerprint density at radius 2 is 1.97 bits per heavy atom. The molecule has 1 amide bonds. The Labute approximate surface area is 206 Å². The van der Waals surface area contributed by atoms with Crippen LogP contribution in [-0.2, 0) is 4.79 Å². The predicted octanol–water partition coefficient (Wildman–Crippen LogP) is 6.32. The number of aromatic nitrogens is 3. The van der Waals surface area contributed by atoms with Crippen LogP contribution < -0.4 is 9.64 Å².